The summed E-state index contributed by atoms with van der Waals surface area (Å²) in [6.45, 7) is 6.93. The number of benzene rings is 2. The van der Waals surface area contributed by atoms with E-state index in [1.165, 1.54) is 11.1 Å². The molecule has 3 N–H and O–H groups in total. The number of hydrogen-bond acceptors (Lipinski definition) is 4. The van der Waals surface area contributed by atoms with Crippen molar-refractivity contribution in [3.63, 3.8) is 0 Å². The van der Waals surface area contributed by atoms with Gasteiger partial charge in [-0.2, -0.15) is 0 Å². The Bertz CT molecular complexity index is 990. The van der Waals surface area contributed by atoms with Crippen LogP contribution in [0.15, 0.2) is 48.5 Å². The molecule has 0 spiro atoms. The van der Waals surface area contributed by atoms with Gasteiger partial charge in [-0.1, -0.05) is 69.3 Å². The number of aliphatic carboxylic acids is 1. The third-order valence-corrected chi connectivity index (χ3v) is 6.73. The monoisotopic (exact) mass is 480 g/mol. The Morgan fingerprint density at radius 2 is 1.51 bits per heavy atom. The van der Waals surface area contributed by atoms with Crippen molar-refractivity contribution in [1.29, 1.82) is 0 Å². The van der Waals surface area contributed by atoms with Crippen molar-refractivity contribution in [2.75, 3.05) is 19.7 Å². The highest BCUT2D eigenvalue weighted by Crippen LogP contribution is 2.44. The zero-order valence-corrected chi connectivity index (χ0v) is 20.8. The number of hydrogen-bond donors (Lipinski definition) is 3. The van der Waals surface area contributed by atoms with Crippen LogP contribution in [0.3, 0.4) is 0 Å². The maximum absolute atomic E-state index is 12.5. The third-order valence-electron chi connectivity index (χ3n) is 6.73. The van der Waals surface area contributed by atoms with E-state index in [4.69, 9.17) is 9.84 Å². The van der Waals surface area contributed by atoms with Gasteiger partial charge in [-0.25, -0.2) is 4.79 Å². The van der Waals surface area contributed by atoms with Crippen molar-refractivity contribution in [3.05, 3.63) is 59.7 Å². The van der Waals surface area contributed by atoms with Crippen LogP contribution in [-0.2, 0) is 14.3 Å². The van der Waals surface area contributed by atoms with Crippen LogP contribution in [0.4, 0.5) is 4.79 Å². The van der Waals surface area contributed by atoms with Crippen LogP contribution in [0.1, 0.15) is 57.1 Å². The van der Waals surface area contributed by atoms with E-state index < -0.39 is 12.1 Å². The molecule has 3 rings (SSSR count). The largest absolute Gasteiger partial charge is 0.481 e. The van der Waals surface area contributed by atoms with Crippen LogP contribution in [0.2, 0.25) is 0 Å². The molecule has 1 aliphatic rings. The standard InChI is InChI=1S/C28H36N2O5/c1-18(2)20(15-26(31)29-13-12-19(3)14-27(32)33)16-30-28(34)35-17-25-23-10-6-4-8-21(23)22-9-5-7-11-24(22)25/h4-11,18-20,25H,12-17H2,1-3H3,(H,29,31)(H,30,34)(H,32,33). The van der Waals surface area contributed by atoms with Crippen molar-refractivity contribution in [1.82, 2.24) is 10.6 Å². The summed E-state index contributed by atoms with van der Waals surface area (Å²) in [7, 11) is 0. The highest BCUT2D eigenvalue weighted by Gasteiger charge is 2.29. The highest BCUT2D eigenvalue weighted by molar-refractivity contribution is 5.79. The molecule has 0 aliphatic heterocycles. The molecule has 0 aromatic heterocycles. The van der Waals surface area contributed by atoms with Gasteiger partial charge in [-0.15, -0.1) is 0 Å². The fourth-order valence-corrected chi connectivity index (χ4v) is 4.58. The second-order valence-electron chi connectivity index (χ2n) is 9.76. The van der Waals surface area contributed by atoms with Gasteiger partial charge < -0.3 is 20.5 Å². The summed E-state index contributed by atoms with van der Waals surface area (Å²) in [5.41, 5.74) is 4.69. The maximum atomic E-state index is 12.5. The normalized spacial score (nSPS) is 14.1. The Balaban J connectivity index is 1.45. The smallest absolute Gasteiger partial charge is 0.407 e. The Hall–Kier alpha value is -3.35. The van der Waals surface area contributed by atoms with Crippen molar-refractivity contribution >= 4 is 18.0 Å². The molecule has 188 valence electrons. The fraction of sp³-hybridized carbons (Fsp3) is 0.464. The lowest BCUT2D eigenvalue weighted by Crippen LogP contribution is -2.36. The SMILES string of the molecule is CC(CCNC(=O)CC(CNC(=O)OCC1c2ccccc2-c2ccccc21)C(C)C)CC(=O)O. The van der Waals surface area contributed by atoms with Gasteiger partial charge in [0, 0.05) is 31.8 Å². The number of nitrogens with one attached hydrogen (secondary N) is 2. The molecule has 1 aliphatic carbocycles. The molecule has 0 radical (unpaired) electrons. The summed E-state index contributed by atoms with van der Waals surface area (Å²) in [6.07, 6.45) is 0.506. The number of carboxylic acids is 1. The zero-order chi connectivity index (χ0) is 25.4. The lowest BCUT2D eigenvalue weighted by Gasteiger charge is -2.21. The molecule has 7 nitrogen and oxygen atoms in total. The van der Waals surface area contributed by atoms with E-state index in [0.717, 1.165) is 11.1 Å². The van der Waals surface area contributed by atoms with Crippen LogP contribution in [0, 0.1) is 17.8 Å². The second kappa shape index (κ2) is 12.4. The Kier molecular flexibility index (Phi) is 9.29. The molecule has 2 aromatic carbocycles. The fourth-order valence-electron chi connectivity index (χ4n) is 4.58. The minimum atomic E-state index is -0.831. The van der Waals surface area contributed by atoms with E-state index in [0.29, 0.717) is 19.5 Å². The van der Waals surface area contributed by atoms with Crippen molar-refractivity contribution < 1.29 is 24.2 Å². The first-order valence-electron chi connectivity index (χ1n) is 12.3. The predicted molar refractivity (Wildman–Crippen MR) is 135 cm³/mol. The summed E-state index contributed by atoms with van der Waals surface area (Å²) in [6, 6.07) is 16.4. The average molecular weight is 481 g/mol. The van der Waals surface area contributed by atoms with E-state index in [2.05, 4.69) is 34.9 Å². The van der Waals surface area contributed by atoms with Gasteiger partial charge in [0.15, 0.2) is 0 Å². The van der Waals surface area contributed by atoms with Crippen LogP contribution in [-0.4, -0.2) is 42.8 Å². The number of carbonyl (C=O) groups excluding carboxylic acids is 2. The highest BCUT2D eigenvalue weighted by atomic mass is 16.5. The van der Waals surface area contributed by atoms with Crippen LogP contribution < -0.4 is 10.6 Å². The number of fused-ring (bicyclic) bond motifs is 3. The first-order chi connectivity index (χ1) is 16.8. The second-order valence-corrected chi connectivity index (χ2v) is 9.76. The molecule has 2 unspecified atom stereocenters. The molecular weight excluding hydrogens is 444 g/mol. The van der Waals surface area contributed by atoms with E-state index in [1.807, 2.05) is 45.0 Å². The summed E-state index contributed by atoms with van der Waals surface area (Å²) in [4.78, 5) is 35.6. The molecule has 0 saturated heterocycles. The minimum absolute atomic E-state index is 0.00309. The van der Waals surface area contributed by atoms with E-state index >= 15 is 0 Å². The number of rotatable bonds is 12. The van der Waals surface area contributed by atoms with Crippen LogP contribution in [0.25, 0.3) is 11.1 Å². The average Bonchev–Trinajstić information content (AvgIpc) is 3.13. The molecule has 0 bridgehead atoms. The summed E-state index contributed by atoms with van der Waals surface area (Å²) >= 11 is 0. The molecule has 2 aromatic rings. The number of amides is 2. The molecular formula is C28H36N2O5. The lowest BCUT2D eigenvalue weighted by atomic mass is 9.92. The quantitative estimate of drug-likeness (QED) is 0.405. The Labute approximate surface area is 207 Å². The van der Waals surface area contributed by atoms with Gasteiger partial charge in [0.1, 0.15) is 6.61 Å². The Morgan fingerprint density at radius 1 is 0.914 bits per heavy atom. The van der Waals surface area contributed by atoms with Gasteiger partial charge in [0.25, 0.3) is 0 Å². The van der Waals surface area contributed by atoms with Crippen molar-refractivity contribution in [2.45, 2.75) is 46.0 Å². The minimum Gasteiger partial charge on any atom is -0.481 e. The van der Waals surface area contributed by atoms with Crippen molar-refractivity contribution in [3.8, 4) is 11.1 Å². The van der Waals surface area contributed by atoms with Gasteiger partial charge in [0.2, 0.25) is 5.91 Å². The molecule has 35 heavy (non-hydrogen) atoms. The number of carboxylic acid groups (broad SMARTS) is 1. The lowest BCUT2D eigenvalue weighted by molar-refractivity contribution is -0.138. The topological polar surface area (TPSA) is 105 Å². The molecule has 0 saturated carbocycles. The van der Waals surface area contributed by atoms with Gasteiger partial charge in [-0.3, -0.25) is 9.59 Å². The van der Waals surface area contributed by atoms with E-state index in [9.17, 15) is 14.4 Å². The van der Waals surface area contributed by atoms with Crippen LogP contribution >= 0.6 is 0 Å². The van der Waals surface area contributed by atoms with E-state index in [1.54, 1.807) is 0 Å². The molecule has 0 fully saturated rings. The molecule has 7 heteroatoms. The van der Waals surface area contributed by atoms with Crippen LogP contribution in [0.5, 0.6) is 0 Å². The number of ether oxygens (including phenoxy) is 1. The van der Waals surface area contributed by atoms with Gasteiger partial charge in [-0.05, 0) is 46.4 Å². The third kappa shape index (κ3) is 7.31. The van der Waals surface area contributed by atoms with Gasteiger partial charge in [0.05, 0.1) is 0 Å². The number of alkyl carbamates (subject to hydrolysis) is 1. The zero-order valence-electron chi connectivity index (χ0n) is 20.8. The number of carbonyl (C=O) groups is 3. The summed E-state index contributed by atoms with van der Waals surface area (Å²) in [5.74, 6) is -0.761. The van der Waals surface area contributed by atoms with E-state index in [-0.39, 0.29) is 49.0 Å². The summed E-state index contributed by atoms with van der Waals surface area (Å²) < 4.78 is 5.60. The first kappa shape index (κ1) is 26.3. The Morgan fingerprint density at radius 3 is 2.09 bits per heavy atom. The first-order valence-corrected chi connectivity index (χ1v) is 12.3. The predicted octanol–water partition coefficient (Wildman–Crippen LogP) is 4.80. The van der Waals surface area contributed by atoms with Gasteiger partial charge >= 0.3 is 12.1 Å². The molecule has 2 atom stereocenters. The maximum Gasteiger partial charge on any atom is 0.407 e. The van der Waals surface area contributed by atoms with Crippen molar-refractivity contribution in [2.24, 2.45) is 17.8 Å². The molecule has 2 amide bonds. The molecule has 0 heterocycles. The summed E-state index contributed by atoms with van der Waals surface area (Å²) in [5, 5.41) is 14.5.